The zero-order chi connectivity index (χ0) is 20.5. The van der Waals surface area contributed by atoms with Crippen LogP contribution in [0.2, 0.25) is 0 Å². The van der Waals surface area contributed by atoms with Gasteiger partial charge in [0.1, 0.15) is 22.7 Å². The van der Waals surface area contributed by atoms with Crippen LogP contribution in [0.4, 0.5) is 5.82 Å². The van der Waals surface area contributed by atoms with Crippen molar-refractivity contribution in [3.8, 4) is 0 Å². The Balaban J connectivity index is 1.63. The van der Waals surface area contributed by atoms with E-state index in [1.165, 1.54) is 10.9 Å². The molecule has 1 aromatic carbocycles. The Hall–Kier alpha value is -3.98. The van der Waals surface area contributed by atoms with Gasteiger partial charge in [0, 0.05) is 4.88 Å². The summed E-state index contributed by atoms with van der Waals surface area (Å²) in [6, 6.07) is 14.9. The summed E-state index contributed by atoms with van der Waals surface area (Å²) in [6.07, 6.45) is 3.06. The lowest BCUT2D eigenvalue weighted by Crippen LogP contribution is -2.23. The summed E-state index contributed by atoms with van der Waals surface area (Å²) >= 11 is 1.57. The number of hydrogen-bond donors (Lipinski definition) is 2. The minimum absolute atomic E-state index is 0.159. The van der Waals surface area contributed by atoms with Crippen LogP contribution >= 0.6 is 11.3 Å². The number of benzene rings is 1. The number of fused-ring (bicyclic) bond motifs is 2. The highest BCUT2D eigenvalue weighted by Gasteiger charge is 2.24. The molecule has 0 aliphatic heterocycles. The monoisotopic (exact) mass is 416 g/mol. The molecule has 0 aliphatic carbocycles. The van der Waals surface area contributed by atoms with Gasteiger partial charge in [-0.2, -0.15) is 9.78 Å². The van der Waals surface area contributed by atoms with Crippen molar-refractivity contribution in [1.29, 1.82) is 0 Å². The molecule has 1 amide bonds. The van der Waals surface area contributed by atoms with Crippen LogP contribution in [0.15, 0.2) is 69.7 Å². The molecule has 0 bridgehead atoms. The molecule has 0 saturated carbocycles. The molecular formula is C21H16N6O2S. The molecule has 0 radical (unpaired) electrons. The van der Waals surface area contributed by atoms with Crippen LogP contribution in [0.25, 0.3) is 22.2 Å². The van der Waals surface area contributed by atoms with Crippen molar-refractivity contribution < 1.29 is 9.21 Å². The first-order valence-corrected chi connectivity index (χ1v) is 10.0. The number of aromatic nitrogens is 3. The molecule has 4 aromatic heterocycles. The van der Waals surface area contributed by atoms with Gasteiger partial charge in [-0.15, -0.1) is 11.3 Å². The highest BCUT2D eigenvalue weighted by atomic mass is 32.1. The first-order chi connectivity index (χ1) is 14.7. The number of rotatable bonds is 5. The fraction of sp³-hybridized carbons (Fsp3) is 0.0476. The van der Waals surface area contributed by atoms with Crippen molar-refractivity contribution >= 4 is 51.5 Å². The van der Waals surface area contributed by atoms with E-state index in [1.54, 1.807) is 29.7 Å². The predicted molar refractivity (Wildman–Crippen MR) is 117 cm³/mol. The molecule has 3 N–H and O–H groups in total. The minimum Gasteiger partial charge on any atom is -0.463 e. The van der Waals surface area contributed by atoms with Gasteiger partial charge in [-0.3, -0.25) is 4.79 Å². The second kappa shape index (κ2) is 7.45. The average molecular weight is 416 g/mol. The van der Waals surface area contributed by atoms with Crippen molar-refractivity contribution in [3.63, 3.8) is 0 Å². The standard InChI is InChI=1S/C21H16N6O2S/c22-19-17(21(28)23-12-14-6-4-10-30-14)18-20(26-16-8-2-1-7-15(16)25-18)27(19)24-11-13-5-3-9-29-13/h1-11H,12,22H2,(H,23,28)/b24-11-. The van der Waals surface area contributed by atoms with Crippen LogP contribution in [0.3, 0.4) is 0 Å². The fourth-order valence-corrected chi connectivity index (χ4v) is 3.78. The van der Waals surface area contributed by atoms with E-state index in [2.05, 4.69) is 20.4 Å². The molecule has 0 fully saturated rings. The number of carbonyl (C=O) groups is 1. The lowest BCUT2D eigenvalue weighted by Gasteiger charge is -2.04. The number of thiophene rings is 1. The normalized spacial score (nSPS) is 11.6. The molecule has 30 heavy (non-hydrogen) atoms. The quantitative estimate of drug-likeness (QED) is 0.425. The van der Waals surface area contributed by atoms with Crippen LogP contribution in [-0.2, 0) is 6.54 Å². The molecule has 0 aliphatic rings. The molecule has 5 rings (SSSR count). The first kappa shape index (κ1) is 18.1. The van der Waals surface area contributed by atoms with Gasteiger partial charge in [-0.25, -0.2) is 9.97 Å². The lowest BCUT2D eigenvalue weighted by molar-refractivity contribution is 0.0953. The van der Waals surface area contributed by atoms with E-state index in [-0.39, 0.29) is 17.3 Å². The largest absolute Gasteiger partial charge is 0.463 e. The number of amides is 1. The Kier molecular flexibility index (Phi) is 4.49. The number of nitrogens with one attached hydrogen (secondary N) is 1. The van der Waals surface area contributed by atoms with Gasteiger partial charge in [0.15, 0.2) is 5.65 Å². The van der Waals surface area contributed by atoms with Crippen LogP contribution in [0.5, 0.6) is 0 Å². The molecule has 0 saturated heterocycles. The average Bonchev–Trinajstić information content (AvgIpc) is 3.50. The second-order valence-corrected chi connectivity index (χ2v) is 7.51. The molecule has 148 valence electrons. The topological polar surface area (TPSA) is 111 Å². The number of furan rings is 1. The van der Waals surface area contributed by atoms with E-state index < -0.39 is 0 Å². The maximum atomic E-state index is 13.0. The third-order valence-corrected chi connectivity index (χ3v) is 5.42. The van der Waals surface area contributed by atoms with Crippen molar-refractivity contribution in [2.75, 3.05) is 5.73 Å². The van der Waals surface area contributed by atoms with Crippen molar-refractivity contribution in [2.24, 2.45) is 5.10 Å². The maximum absolute atomic E-state index is 13.0. The van der Waals surface area contributed by atoms with Gasteiger partial charge in [-0.1, -0.05) is 18.2 Å². The van der Waals surface area contributed by atoms with Gasteiger partial charge in [0.2, 0.25) is 0 Å². The number of nitrogens with two attached hydrogens (primary N) is 1. The van der Waals surface area contributed by atoms with Crippen LogP contribution in [0.1, 0.15) is 21.0 Å². The molecule has 4 heterocycles. The van der Waals surface area contributed by atoms with E-state index in [9.17, 15) is 4.79 Å². The predicted octanol–water partition coefficient (Wildman–Crippen LogP) is 3.63. The smallest absolute Gasteiger partial charge is 0.257 e. The third-order valence-electron chi connectivity index (χ3n) is 4.55. The zero-order valence-corrected chi connectivity index (χ0v) is 16.5. The van der Waals surface area contributed by atoms with E-state index in [4.69, 9.17) is 10.2 Å². The van der Waals surface area contributed by atoms with E-state index >= 15 is 0 Å². The van der Waals surface area contributed by atoms with E-state index in [0.29, 0.717) is 34.5 Å². The van der Waals surface area contributed by atoms with Crippen LogP contribution < -0.4 is 11.1 Å². The Morgan fingerprint density at radius 3 is 2.73 bits per heavy atom. The minimum atomic E-state index is -0.331. The van der Waals surface area contributed by atoms with Gasteiger partial charge in [-0.05, 0) is 35.7 Å². The molecule has 0 spiro atoms. The molecule has 0 unspecified atom stereocenters. The Labute approximate surface area is 174 Å². The van der Waals surface area contributed by atoms with Crippen LogP contribution in [-0.4, -0.2) is 26.8 Å². The van der Waals surface area contributed by atoms with Crippen molar-refractivity contribution in [2.45, 2.75) is 6.54 Å². The second-order valence-electron chi connectivity index (χ2n) is 6.48. The fourth-order valence-electron chi connectivity index (χ4n) is 3.14. The zero-order valence-electron chi connectivity index (χ0n) is 15.6. The highest BCUT2D eigenvalue weighted by molar-refractivity contribution is 7.09. The SMILES string of the molecule is Nc1c(C(=O)NCc2cccs2)c2nc3ccccc3nc2n1/N=C\c1ccco1. The number of hydrogen-bond acceptors (Lipinski definition) is 7. The summed E-state index contributed by atoms with van der Waals surface area (Å²) < 4.78 is 6.71. The van der Waals surface area contributed by atoms with Gasteiger partial charge in [0.05, 0.1) is 30.1 Å². The maximum Gasteiger partial charge on any atom is 0.257 e. The molecule has 0 atom stereocenters. The number of nitrogen functional groups attached to an aromatic ring is 1. The van der Waals surface area contributed by atoms with Crippen molar-refractivity contribution in [3.05, 3.63) is 76.4 Å². The van der Waals surface area contributed by atoms with Crippen molar-refractivity contribution in [1.82, 2.24) is 20.0 Å². The highest BCUT2D eigenvalue weighted by Crippen LogP contribution is 2.28. The Morgan fingerprint density at radius 2 is 2.00 bits per heavy atom. The molecular weight excluding hydrogens is 400 g/mol. The lowest BCUT2D eigenvalue weighted by atomic mass is 10.2. The Bertz CT molecular complexity index is 1370. The molecule has 9 heteroatoms. The summed E-state index contributed by atoms with van der Waals surface area (Å²) in [6.45, 7) is 0.402. The summed E-state index contributed by atoms with van der Waals surface area (Å²) in [7, 11) is 0. The number of anilines is 1. The Morgan fingerprint density at radius 1 is 1.17 bits per heavy atom. The molecule has 8 nitrogen and oxygen atoms in total. The number of para-hydroxylation sites is 2. The number of nitrogens with zero attached hydrogens (tertiary/aromatic N) is 4. The molecule has 5 aromatic rings. The summed E-state index contributed by atoms with van der Waals surface area (Å²) in [5.41, 5.74) is 8.74. The summed E-state index contributed by atoms with van der Waals surface area (Å²) in [5.74, 6) is 0.378. The summed E-state index contributed by atoms with van der Waals surface area (Å²) in [4.78, 5) is 23.4. The third kappa shape index (κ3) is 3.20. The van der Waals surface area contributed by atoms with Gasteiger partial charge < -0.3 is 15.5 Å². The first-order valence-electron chi connectivity index (χ1n) is 9.16. The van der Waals surface area contributed by atoms with Crippen LogP contribution in [0, 0.1) is 0 Å². The van der Waals surface area contributed by atoms with E-state index in [1.807, 2.05) is 41.8 Å². The number of carbonyl (C=O) groups excluding carboxylic acids is 1. The van der Waals surface area contributed by atoms with Gasteiger partial charge >= 0.3 is 0 Å². The van der Waals surface area contributed by atoms with E-state index in [0.717, 1.165) is 4.88 Å². The summed E-state index contributed by atoms with van der Waals surface area (Å²) in [5, 5.41) is 9.26. The van der Waals surface area contributed by atoms with Gasteiger partial charge in [0.25, 0.3) is 5.91 Å².